The van der Waals surface area contributed by atoms with Gasteiger partial charge in [-0.2, -0.15) is 0 Å². The summed E-state index contributed by atoms with van der Waals surface area (Å²) in [6.07, 6.45) is 11.8. The molecule has 0 spiro atoms. The van der Waals surface area contributed by atoms with E-state index in [9.17, 15) is 0 Å². The quantitative estimate of drug-likeness (QED) is 0.144. The Hall–Kier alpha value is -4.45. The third-order valence-corrected chi connectivity index (χ3v) is 20.6. The second-order valence-corrected chi connectivity index (χ2v) is 25.3. The molecule has 6 aromatic rings. The van der Waals surface area contributed by atoms with E-state index in [-0.39, 0.29) is 10.8 Å². The molecule has 0 amide bonds. The maximum atomic E-state index is 2.67. The molecule has 0 heterocycles. The summed E-state index contributed by atoms with van der Waals surface area (Å²) in [5.74, 6) is 0. The Morgan fingerprint density at radius 3 is 1.25 bits per heavy atom. The predicted molar refractivity (Wildman–Crippen MR) is 239 cm³/mol. The summed E-state index contributed by atoms with van der Waals surface area (Å²) in [5, 5.41) is 0. The molecule has 2 aliphatic rings. The Kier molecular flexibility index (Phi) is 10.6. The normalized spacial score (nSPS) is 13.9. The van der Waals surface area contributed by atoms with Crippen molar-refractivity contribution in [3.63, 3.8) is 0 Å². The minimum atomic E-state index is -2.77. The van der Waals surface area contributed by atoms with E-state index < -0.39 is 21.3 Å². The van der Waals surface area contributed by atoms with Gasteiger partial charge in [-0.05, 0) is 0 Å². The van der Waals surface area contributed by atoms with Gasteiger partial charge in [0.1, 0.15) is 0 Å². The van der Waals surface area contributed by atoms with Crippen LogP contribution in [0.25, 0.3) is 33.4 Å². The number of fused-ring (bicyclic) bond motifs is 3. The van der Waals surface area contributed by atoms with Crippen molar-refractivity contribution >= 4 is 3.21 Å². The van der Waals surface area contributed by atoms with Gasteiger partial charge in [0.05, 0.1) is 0 Å². The summed E-state index contributed by atoms with van der Waals surface area (Å²) in [4.78, 5) is 0. The molecule has 280 valence electrons. The molecule has 0 aromatic heterocycles. The van der Waals surface area contributed by atoms with Gasteiger partial charge in [-0.3, -0.25) is 0 Å². The molecule has 8 rings (SSSR count). The van der Waals surface area contributed by atoms with Crippen LogP contribution in [0, 0.1) is 13.8 Å². The third-order valence-electron chi connectivity index (χ3n) is 12.0. The van der Waals surface area contributed by atoms with Crippen LogP contribution in [0.1, 0.15) is 89.7 Å². The molecule has 0 saturated heterocycles. The Bertz CT molecular complexity index is 2290. The molecule has 0 N–H and O–H groups in total. The Morgan fingerprint density at radius 2 is 0.875 bits per heavy atom. The van der Waals surface area contributed by atoms with Crippen LogP contribution >= 0.6 is 0 Å². The first-order valence-corrected chi connectivity index (χ1v) is 24.6. The number of aryl methyl sites for hydroxylation is 2. The van der Waals surface area contributed by atoms with Gasteiger partial charge in [0.25, 0.3) is 0 Å². The van der Waals surface area contributed by atoms with Crippen molar-refractivity contribution in [3.8, 4) is 33.4 Å². The molecule has 6 aromatic carbocycles. The molecule has 0 bridgehead atoms. The first kappa shape index (κ1) is 38.4. The van der Waals surface area contributed by atoms with Gasteiger partial charge in [-0.1, -0.05) is 0 Å². The van der Waals surface area contributed by atoms with Crippen molar-refractivity contribution in [2.45, 2.75) is 86.3 Å². The van der Waals surface area contributed by atoms with Crippen LogP contribution in [-0.2, 0) is 44.9 Å². The number of benzene rings is 6. The number of rotatable bonds is 8. The van der Waals surface area contributed by atoms with E-state index in [4.69, 9.17) is 0 Å². The summed E-state index contributed by atoms with van der Waals surface area (Å²) in [6, 6.07) is 51.7. The van der Waals surface area contributed by atoms with E-state index >= 15 is 0 Å². The molecule has 2 aliphatic carbocycles. The van der Waals surface area contributed by atoms with Gasteiger partial charge in [-0.25, -0.2) is 0 Å². The van der Waals surface area contributed by atoms with Crippen LogP contribution < -0.4 is 0 Å². The third kappa shape index (κ3) is 7.78. The van der Waals surface area contributed by atoms with Crippen molar-refractivity contribution < 1.29 is 21.3 Å². The Labute approximate surface area is 344 Å². The van der Waals surface area contributed by atoms with E-state index in [0.717, 1.165) is 12.8 Å². The molecule has 0 nitrogen and oxygen atoms in total. The zero-order chi connectivity index (χ0) is 39.2. The summed E-state index contributed by atoms with van der Waals surface area (Å²) >= 11 is -2.77. The van der Waals surface area contributed by atoms with Crippen LogP contribution in [0.2, 0.25) is 3.63 Å². The first-order valence-electron chi connectivity index (χ1n) is 20.5. The minimum absolute atomic E-state index is 0.0292. The molecule has 0 fully saturated rings. The second kappa shape index (κ2) is 15.5. The van der Waals surface area contributed by atoms with Crippen molar-refractivity contribution in [1.82, 2.24) is 0 Å². The van der Waals surface area contributed by atoms with Crippen molar-refractivity contribution in [3.05, 3.63) is 202 Å². The molecule has 0 saturated carbocycles. The number of hydrogen-bond donors (Lipinski definition) is 0. The molecule has 0 radical (unpaired) electrons. The van der Waals surface area contributed by atoms with Crippen LogP contribution in [0.5, 0.6) is 0 Å². The second-order valence-electron chi connectivity index (χ2n) is 18.3. The zero-order valence-corrected chi connectivity index (χ0v) is 37.0. The van der Waals surface area contributed by atoms with Gasteiger partial charge in [0, 0.05) is 0 Å². The fourth-order valence-electron chi connectivity index (χ4n) is 9.09. The molecular formula is C55H56Zr. The summed E-state index contributed by atoms with van der Waals surface area (Å²) in [6.45, 7) is 18.7. The average molecular weight is 808 g/mol. The van der Waals surface area contributed by atoms with Gasteiger partial charge in [-0.15, -0.1) is 0 Å². The summed E-state index contributed by atoms with van der Waals surface area (Å²) in [5.41, 5.74) is 19.6. The van der Waals surface area contributed by atoms with Gasteiger partial charge >= 0.3 is 346 Å². The molecule has 0 unspecified atom stereocenters. The van der Waals surface area contributed by atoms with Gasteiger partial charge in [0.15, 0.2) is 0 Å². The van der Waals surface area contributed by atoms with Crippen molar-refractivity contribution in [1.29, 1.82) is 0 Å². The topological polar surface area (TPSA) is 0 Å². The zero-order valence-electron chi connectivity index (χ0n) is 34.6. The van der Waals surface area contributed by atoms with E-state index in [1.807, 2.05) is 0 Å². The van der Waals surface area contributed by atoms with Crippen LogP contribution in [0.4, 0.5) is 0 Å². The molecule has 0 aliphatic heterocycles. The van der Waals surface area contributed by atoms with E-state index in [0.29, 0.717) is 7.25 Å². The molecular weight excluding hydrogens is 752 g/mol. The Balaban J connectivity index is 1.49. The predicted octanol–water partition coefficient (Wildman–Crippen LogP) is 14.5. The van der Waals surface area contributed by atoms with Gasteiger partial charge in [0.2, 0.25) is 0 Å². The van der Waals surface area contributed by atoms with E-state index in [1.165, 1.54) is 66.8 Å². The standard InChI is InChI=1S/C35H37.C15H14.C5H5.Zr/c1-22-9-13-24(14-10-22)30-18-26-17-27-19-31(25-15-11-23(2)12-16-25)33(35(6,7)8)21-29(27)28(26)20-32(30)34(3,4)5;1-3-8-14(9-4-1)12-7-13-15-10-5-2-6-11-15;1-2-4-5-3-1;/h9-21H,1-8H3;1-6,8-11H,12-13H2;1-5H;. The Morgan fingerprint density at radius 1 is 0.482 bits per heavy atom. The monoisotopic (exact) mass is 806 g/mol. The van der Waals surface area contributed by atoms with Crippen molar-refractivity contribution in [2.24, 2.45) is 0 Å². The SMILES string of the molecule is Cc1ccc(-c2cc3c(cc2C(C)(C)C)-c2cc(C(C)(C)C)c(-c4ccc(C)cc4)cc2[CH]3[Zr](=[C](Cc2ccccc2)Cc2ccccc2)[CH]2C=CC=C2)cc1. The molecule has 56 heavy (non-hydrogen) atoms. The molecule has 0 atom stereocenters. The van der Waals surface area contributed by atoms with Crippen LogP contribution in [0.3, 0.4) is 0 Å². The van der Waals surface area contributed by atoms with Crippen molar-refractivity contribution in [2.75, 3.05) is 0 Å². The fourth-order valence-corrected chi connectivity index (χ4v) is 18.6. The van der Waals surface area contributed by atoms with E-state index in [1.54, 1.807) is 14.3 Å². The van der Waals surface area contributed by atoms with Gasteiger partial charge < -0.3 is 0 Å². The van der Waals surface area contributed by atoms with Crippen LogP contribution in [-0.4, -0.2) is 3.21 Å². The average Bonchev–Trinajstić information content (AvgIpc) is 3.81. The van der Waals surface area contributed by atoms with Crippen LogP contribution in [0.15, 0.2) is 158 Å². The number of allylic oxidation sites excluding steroid dienone is 4. The molecule has 1 heteroatoms. The number of hydrogen-bond acceptors (Lipinski definition) is 0. The van der Waals surface area contributed by atoms with E-state index in [2.05, 4.69) is 213 Å². The first-order chi connectivity index (χ1) is 26.8. The maximum absolute atomic E-state index is 2.77. The fraction of sp³-hybridized carbons (Fsp3) is 0.255. The summed E-state index contributed by atoms with van der Waals surface area (Å²) in [7, 11) is 0. The summed E-state index contributed by atoms with van der Waals surface area (Å²) < 4.78 is 2.61.